The van der Waals surface area contributed by atoms with Crippen molar-refractivity contribution >= 4 is 5.91 Å². The zero-order chi connectivity index (χ0) is 17.9. The van der Waals surface area contributed by atoms with E-state index in [1.165, 1.54) is 6.26 Å². The maximum atomic E-state index is 12.1. The SMILES string of the molecule is O=C(Cn1nc(-c2ccco2)oc1=O)NCC1COc2ccccc2O1. The van der Waals surface area contributed by atoms with Crippen LogP contribution in [0, 0.1) is 0 Å². The van der Waals surface area contributed by atoms with Crippen LogP contribution in [0.4, 0.5) is 0 Å². The molecule has 3 aromatic rings. The van der Waals surface area contributed by atoms with E-state index in [4.69, 9.17) is 18.3 Å². The summed E-state index contributed by atoms with van der Waals surface area (Å²) in [6.45, 7) is 0.294. The van der Waals surface area contributed by atoms with E-state index in [0.717, 1.165) is 4.68 Å². The van der Waals surface area contributed by atoms with Gasteiger partial charge >= 0.3 is 5.76 Å². The van der Waals surface area contributed by atoms with Gasteiger partial charge in [-0.25, -0.2) is 4.79 Å². The number of benzene rings is 1. The third kappa shape index (κ3) is 3.32. The van der Waals surface area contributed by atoms with Crippen LogP contribution >= 0.6 is 0 Å². The molecule has 0 fully saturated rings. The predicted molar refractivity (Wildman–Crippen MR) is 87.8 cm³/mol. The first-order valence-corrected chi connectivity index (χ1v) is 7.96. The Morgan fingerprint density at radius 3 is 2.88 bits per heavy atom. The van der Waals surface area contributed by atoms with E-state index in [9.17, 15) is 9.59 Å². The lowest BCUT2D eigenvalue weighted by Crippen LogP contribution is -2.42. The molecule has 26 heavy (non-hydrogen) atoms. The van der Waals surface area contributed by atoms with Gasteiger partial charge < -0.3 is 23.6 Å². The number of nitrogens with one attached hydrogen (secondary N) is 1. The molecule has 9 nitrogen and oxygen atoms in total. The highest BCUT2D eigenvalue weighted by atomic mass is 16.6. The third-order valence-corrected chi connectivity index (χ3v) is 3.73. The van der Waals surface area contributed by atoms with E-state index in [0.29, 0.717) is 23.9 Å². The molecule has 1 aromatic carbocycles. The second kappa shape index (κ2) is 6.79. The zero-order valence-corrected chi connectivity index (χ0v) is 13.6. The number of furan rings is 1. The molecule has 0 saturated carbocycles. The Balaban J connectivity index is 1.33. The maximum Gasteiger partial charge on any atom is 0.437 e. The molecule has 2 aromatic heterocycles. The van der Waals surface area contributed by atoms with Crippen molar-refractivity contribution in [2.75, 3.05) is 13.2 Å². The van der Waals surface area contributed by atoms with Crippen molar-refractivity contribution in [2.24, 2.45) is 0 Å². The van der Waals surface area contributed by atoms with Crippen molar-refractivity contribution < 1.29 is 23.1 Å². The molecule has 0 radical (unpaired) electrons. The molecule has 0 saturated heterocycles. The van der Waals surface area contributed by atoms with Gasteiger partial charge in [0.1, 0.15) is 19.3 Å². The number of para-hydroxylation sites is 2. The Morgan fingerprint density at radius 2 is 2.08 bits per heavy atom. The third-order valence-electron chi connectivity index (χ3n) is 3.73. The van der Waals surface area contributed by atoms with E-state index >= 15 is 0 Å². The summed E-state index contributed by atoms with van der Waals surface area (Å²) < 4.78 is 22.3. The number of nitrogens with zero attached hydrogens (tertiary/aromatic N) is 2. The summed E-state index contributed by atoms with van der Waals surface area (Å²) in [5, 5.41) is 6.64. The van der Waals surface area contributed by atoms with Crippen molar-refractivity contribution in [1.82, 2.24) is 15.1 Å². The molecule has 0 aliphatic carbocycles. The molecule has 4 rings (SSSR count). The molecule has 1 atom stereocenters. The number of carbonyl (C=O) groups is 1. The first-order chi connectivity index (χ1) is 12.7. The molecule has 1 N–H and O–H groups in total. The monoisotopic (exact) mass is 357 g/mol. The van der Waals surface area contributed by atoms with Gasteiger partial charge in [-0.1, -0.05) is 12.1 Å². The van der Waals surface area contributed by atoms with Crippen molar-refractivity contribution in [2.45, 2.75) is 12.6 Å². The minimum Gasteiger partial charge on any atom is -0.486 e. The quantitative estimate of drug-likeness (QED) is 0.727. The molecule has 0 bridgehead atoms. The zero-order valence-electron chi connectivity index (χ0n) is 13.6. The minimum absolute atomic E-state index is 0.0217. The summed E-state index contributed by atoms with van der Waals surface area (Å²) >= 11 is 0. The minimum atomic E-state index is -0.738. The molecule has 1 unspecified atom stereocenters. The summed E-state index contributed by atoms with van der Waals surface area (Å²) in [6.07, 6.45) is 1.12. The lowest BCUT2D eigenvalue weighted by molar-refractivity contribution is -0.122. The Hall–Kier alpha value is -3.49. The number of fused-ring (bicyclic) bond motifs is 1. The van der Waals surface area contributed by atoms with Gasteiger partial charge in [0.2, 0.25) is 5.91 Å². The van der Waals surface area contributed by atoms with Gasteiger partial charge in [-0.2, -0.15) is 4.68 Å². The van der Waals surface area contributed by atoms with Crippen LogP contribution in [0.25, 0.3) is 11.7 Å². The van der Waals surface area contributed by atoms with E-state index < -0.39 is 11.7 Å². The van der Waals surface area contributed by atoms with Crippen molar-refractivity contribution in [1.29, 1.82) is 0 Å². The molecular weight excluding hydrogens is 342 g/mol. The summed E-state index contributed by atoms with van der Waals surface area (Å²) in [5.74, 6) is 0.510. The van der Waals surface area contributed by atoms with E-state index in [1.807, 2.05) is 18.2 Å². The van der Waals surface area contributed by atoms with Crippen LogP contribution in [0.1, 0.15) is 0 Å². The van der Waals surface area contributed by atoms with E-state index in [2.05, 4.69) is 10.4 Å². The molecule has 1 amide bonds. The number of hydrogen-bond acceptors (Lipinski definition) is 7. The Labute approximate surface area is 147 Å². The van der Waals surface area contributed by atoms with Crippen LogP contribution < -0.4 is 20.5 Å². The molecule has 1 aliphatic heterocycles. The highest BCUT2D eigenvalue weighted by Gasteiger charge is 2.21. The average Bonchev–Trinajstić information content (AvgIpc) is 3.30. The number of hydrogen-bond donors (Lipinski definition) is 1. The topological polar surface area (TPSA) is 109 Å². The summed E-state index contributed by atoms with van der Waals surface area (Å²) in [7, 11) is 0. The molecule has 1 aliphatic rings. The highest BCUT2D eigenvalue weighted by molar-refractivity contribution is 5.75. The van der Waals surface area contributed by atoms with Gasteiger partial charge in [0, 0.05) is 0 Å². The van der Waals surface area contributed by atoms with Gasteiger partial charge in [0.05, 0.1) is 12.8 Å². The van der Waals surface area contributed by atoms with Crippen molar-refractivity contribution in [3.05, 3.63) is 53.2 Å². The molecule has 9 heteroatoms. The van der Waals surface area contributed by atoms with Crippen LogP contribution in [-0.2, 0) is 11.3 Å². The summed E-state index contributed by atoms with van der Waals surface area (Å²) in [4.78, 5) is 23.9. The Kier molecular flexibility index (Phi) is 4.18. The fourth-order valence-corrected chi connectivity index (χ4v) is 2.49. The molecule has 134 valence electrons. The van der Waals surface area contributed by atoms with Crippen LogP contribution in [-0.4, -0.2) is 34.9 Å². The van der Waals surface area contributed by atoms with Crippen LogP contribution in [0.2, 0.25) is 0 Å². The summed E-state index contributed by atoms with van der Waals surface area (Å²) in [6, 6.07) is 10.6. The summed E-state index contributed by atoms with van der Waals surface area (Å²) in [5.41, 5.74) is 0. The number of aromatic nitrogens is 2. The Morgan fingerprint density at radius 1 is 1.23 bits per heavy atom. The van der Waals surface area contributed by atoms with Gasteiger partial charge in [0.15, 0.2) is 17.3 Å². The number of amides is 1. The van der Waals surface area contributed by atoms with Crippen LogP contribution in [0.15, 0.2) is 56.3 Å². The Bertz CT molecular complexity index is 959. The van der Waals surface area contributed by atoms with Crippen molar-refractivity contribution in [3.63, 3.8) is 0 Å². The van der Waals surface area contributed by atoms with Gasteiger partial charge in [-0.05, 0) is 24.3 Å². The number of carbonyl (C=O) groups excluding carboxylic acids is 1. The lowest BCUT2D eigenvalue weighted by atomic mass is 10.2. The number of rotatable bonds is 5. The standard InChI is InChI=1S/C17H15N3O6/c21-15(9-20-17(22)26-16(19-20)14-6-3-7-23-14)18-8-11-10-24-12-4-1-2-5-13(12)25-11/h1-7,11H,8-10H2,(H,18,21). The number of ether oxygens (including phenoxy) is 2. The maximum absolute atomic E-state index is 12.1. The fourth-order valence-electron chi connectivity index (χ4n) is 2.49. The van der Waals surface area contributed by atoms with Gasteiger partial charge in [-0.15, -0.1) is 5.10 Å². The van der Waals surface area contributed by atoms with Gasteiger partial charge in [-0.3, -0.25) is 4.79 Å². The first-order valence-electron chi connectivity index (χ1n) is 7.96. The van der Waals surface area contributed by atoms with Crippen LogP contribution in [0.5, 0.6) is 11.5 Å². The second-order valence-electron chi connectivity index (χ2n) is 5.61. The molecule has 3 heterocycles. The average molecular weight is 357 g/mol. The largest absolute Gasteiger partial charge is 0.486 e. The normalized spacial score (nSPS) is 15.6. The second-order valence-corrected chi connectivity index (χ2v) is 5.61. The smallest absolute Gasteiger partial charge is 0.437 e. The van der Waals surface area contributed by atoms with Crippen molar-refractivity contribution in [3.8, 4) is 23.1 Å². The van der Waals surface area contributed by atoms with Crippen LogP contribution in [0.3, 0.4) is 0 Å². The molecular formula is C17H15N3O6. The fraction of sp³-hybridized carbons (Fsp3) is 0.235. The van der Waals surface area contributed by atoms with E-state index in [-0.39, 0.29) is 25.1 Å². The highest BCUT2D eigenvalue weighted by Crippen LogP contribution is 2.30. The predicted octanol–water partition coefficient (Wildman–Crippen LogP) is 1.05. The lowest BCUT2D eigenvalue weighted by Gasteiger charge is -2.26. The van der Waals surface area contributed by atoms with Gasteiger partial charge in [0.25, 0.3) is 5.89 Å². The molecule has 0 spiro atoms. The first kappa shape index (κ1) is 16.0. The van der Waals surface area contributed by atoms with E-state index in [1.54, 1.807) is 18.2 Å².